The van der Waals surface area contributed by atoms with Crippen LogP contribution in [-0.4, -0.2) is 57.8 Å². The molecule has 2 amide bonds. The summed E-state index contributed by atoms with van der Waals surface area (Å²) in [5, 5.41) is 7.32. The maximum atomic E-state index is 12.6. The molecule has 1 aromatic heterocycles. The van der Waals surface area contributed by atoms with Gasteiger partial charge < -0.3 is 10.2 Å². The van der Waals surface area contributed by atoms with Crippen molar-refractivity contribution in [3.05, 3.63) is 42.7 Å². The Balaban J connectivity index is 1.42. The molecule has 24 heavy (non-hydrogen) atoms. The topological polar surface area (TPSA) is 53.4 Å². The van der Waals surface area contributed by atoms with Gasteiger partial charge in [-0.15, -0.1) is 0 Å². The first kappa shape index (κ1) is 15.2. The largest absolute Gasteiger partial charge is 0.323 e. The van der Waals surface area contributed by atoms with Gasteiger partial charge in [-0.25, -0.2) is 9.48 Å². The number of urea groups is 1. The van der Waals surface area contributed by atoms with Crippen LogP contribution in [0.25, 0.3) is 5.69 Å². The summed E-state index contributed by atoms with van der Waals surface area (Å²) in [7, 11) is 2.19. The number of nitrogens with one attached hydrogen (secondary N) is 1. The summed E-state index contributed by atoms with van der Waals surface area (Å²) >= 11 is 0. The monoisotopic (exact) mass is 325 g/mol. The number of fused-ring (bicyclic) bond motifs is 2. The van der Waals surface area contributed by atoms with Gasteiger partial charge in [0.25, 0.3) is 0 Å². The normalized spacial score (nSPS) is 24.0. The number of carbonyl (C=O) groups is 1. The van der Waals surface area contributed by atoms with Gasteiger partial charge in [0.05, 0.1) is 23.8 Å². The summed E-state index contributed by atoms with van der Waals surface area (Å²) in [6.07, 6.45) is 7.06. The van der Waals surface area contributed by atoms with Crippen molar-refractivity contribution in [3.63, 3.8) is 0 Å². The minimum absolute atomic E-state index is 0.0245. The SMILES string of the molecule is CN1[C@H]2CC[C@H]1CN(C(=O)Nc1cnn(-c3ccccc3)c1)CC2. The Morgan fingerprint density at radius 3 is 2.79 bits per heavy atom. The highest BCUT2D eigenvalue weighted by atomic mass is 16.2. The fourth-order valence-corrected chi connectivity index (χ4v) is 3.81. The van der Waals surface area contributed by atoms with Crippen LogP contribution in [0.1, 0.15) is 19.3 Å². The first-order valence-corrected chi connectivity index (χ1v) is 8.58. The lowest BCUT2D eigenvalue weighted by molar-refractivity contribution is 0.200. The van der Waals surface area contributed by atoms with Crippen LogP contribution in [0.5, 0.6) is 0 Å². The summed E-state index contributed by atoms with van der Waals surface area (Å²) < 4.78 is 1.77. The average Bonchev–Trinajstić information content (AvgIpc) is 3.13. The van der Waals surface area contributed by atoms with Crippen LogP contribution in [-0.2, 0) is 0 Å². The van der Waals surface area contributed by atoms with E-state index in [1.54, 1.807) is 10.9 Å². The quantitative estimate of drug-likeness (QED) is 0.923. The van der Waals surface area contributed by atoms with Crippen molar-refractivity contribution in [1.82, 2.24) is 19.6 Å². The number of anilines is 1. The van der Waals surface area contributed by atoms with Crippen molar-refractivity contribution >= 4 is 11.7 Å². The number of hydrogen-bond donors (Lipinski definition) is 1. The highest BCUT2D eigenvalue weighted by Crippen LogP contribution is 2.28. The van der Waals surface area contributed by atoms with Gasteiger partial charge in [0, 0.05) is 25.2 Å². The number of nitrogens with zero attached hydrogens (tertiary/aromatic N) is 4. The summed E-state index contributed by atoms with van der Waals surface area (Å²) in [6, 6.07) is 11.0. The van der Waals surface area contributed by atoms with Gasteiger partial charge in [-0.1, -0.05) is 18.2 Å². The molecule has 4 rings (SSSR count). The van der Waals surface area contributed by atoms with Crippen LogP contribution in [0.3, 0.4) is 0 Å². The molecule has 0 aliphatic carbocycles. The molecule has 2 aliphatic heterocycles. The Bertz CT molecular complexity index is 713. The van der Waals surface area contributed by atoms with E-state index >= 15 is 0 Å². The number of likely N-dealkylation sites (tertiary alicyclic amines) is 1. The van der Waals surface area contributed by atoms with Crippen molar-refractivity contribution in [2.45, 2.75) is 31.3 Å². The molecule has 2 fully saturated rings. The summed E-state index contributed by atoms with van der Waals surface area (Å²) in [5.74, 6) is 0. The van der Waals surface area contributed by atoms with Crippen LogP contribution < -0.4 is 5.32 Å². The second-order valence-electron chi connectivity index (χ2n) is 6.72. The zero-order valence-electron chi connectivity index (χ0n) is 13.9. The van der Waals surface area contributed by atoms with Crippen LogP contribution in [0.2, 0.25) is 0 Å². The number of likely N-dealkylation sites (N-methyl/N-ethyl adjacent to an activating group) is 1. The molecule has 2 aromatic rings. The van der Waals surface area contributed by atoms with Crippen molar-refractivity contribution in [3.8, 4) is 5.69 Å². The smallest absolute Gasteiger partial charge is 0.321 e. The van der Waals surface area contributed by atoms with E-state index in [9.17, 15) is 4.79 Å². The van der Waals surface area contributed by atoms with E-state index in [0.29, 0.717) is 12.1 Å². The van der Waals surface area contributed by atoms with Crippen molar-refractivity contribution < 1.29 is 4.79 Å². The lowest BCUT2D eigenvalue weighted by Gasteiger charge is -2.25. The maximum Gasteiger partial charge on any atom is 0.321 e. The van der Waals surface area contributed by atoms with Crippen LogP contribution in [0, 0.1) is 0 Å². The molecule has 0 spiro atoms. The predicted octanol–water partition coefficient (Wildman–Crippen LogP) is 2.57. The number of aromatic nitrogens is 2. The Hall–Kier alpha value is -2.34. The second kappa shape index (κ2) is 6.28. The molecular weight excluding hydrogens is 302 g/mol. The lowest BCUT2D eigenvalue weighted by atomic mass is 10.1. The molecule has 2 atom stereocenters. The number of amides is 2. The first-order chi connectivity index (χ1) is 11.7. The van der Waals surface area contributed by atoms with E-state index in [2.05, 4.69) is 22.4 Å². The third-order valence-electron chi connectivity index (χ3n) is 5.29. The molecule has 6 nitrogen and oxygen atoms in total. The zero-order chi connectivity index (χ0) is 16.5. The van der Waals surface area contributed by atoms with Gasteiger partial charge in [0.1, 0.15) is 0 Å². The molecule has 0 unspecified atom stereocenters. The molecule has 6 heteroatoms. The van der Waals surface area contributed by atoms with E-state index < -0.39 is 0 Å². The molecule has 2 aliphatic rings. The minimum Gasteiger partial charge on any atom is -0.323 e. The minimum atomic E-state index is -0.0245. The third-order valence-corrected chi connectivity index (χ3v) is 5.29. The van der Waals surface area contributed by atoms with Gasteiger partial charge >= 0.3 is 6.03 Å². The van der Waals surface area contributed by atoms with Crippen LogP contribution in [0.15, 0.2) is 42.7 Å². The maximum absolute atomic E-state index is 12.6. The Morgan fingerprint density at radius 2 is 1.96 bits per heavy atom. The number of para-hydroxylation sites is 1. The second-order valence-corrected chi connectivity index (χ2v) is 6.72. The van der Waals surface area contributed by atoms with Gasteiger partial charge in [-0.3, -0.25) is 4.90 Å². The van der Waals surface area contributed by atoms with Gasteiger partial charge in [0.15, 0.2) is 0 Å². The zero-order valence-corrected chi connectivity index (χ0v) is 13.9. The summed E-state index contributed by atoms with van der Waals surface area (Å²) in [5.41, 5.74) is 1.71. The molecule has 1 N–H and O–H groups in total. The molecule has 0 saturated carbocycles. The van der Waals surface area contributed by atoms with E-state index in [1.165, 1.54) is 12.8 Å². The molecule has 0 radical (unpaired) electrons. The van der Waals surface area contributed by atoms with Crippen LogP contribution in [0.4, 0.5) is 10.5 Å². The van der Waals surface area contributed by atoms with Crippen molar-refractivity contribution in [2.75, 3.05) is 25.5 Å². The fourth-order valence-electron chi connectivity index (χ4n) is 3.81. The molecular formula is C18H23N5O. The van der Waals surface area contributed by atoms with Gasteiger partial charge in [-0.2, -0.15) is 5.10 Å². The Morgan fingerprint density at radius 1 is 1.17 bits per heavy atom. The highest BCUT2D eigenvalue weighted by Gasteiger charge is 2.35. The van der Waals surface area contributed by atoms with Crippen molar-refractivity contribution in [2.24, 2.45) is 0 Å². The summed E-state index contributed by atoms with van der Waals surface area (Å²) in [6.45, 7) is 1.63. The number of hydrogen-bond acceptors (Lipinski definition) is 3. The predicted molar refractivity (Wildman–Crippen MR) is 93.3 cm³/mol. The Kier molecular flexibility index (Phi) is 3.98. The molecule has 126 valence electrons. The molecule has 3 heterocycles. The van der Waals surface area contributed by atoms with Gasteiger partial charge in [-0.05, 0) is 38.4 Å². The number of rotatable bonds is 2. The van der Waals surface area contributed by atoms with Crippen molar-refractivity contribution in [1.29, 1.82) is 0 Å². The number of carbonyl (C=O) groups excluding carboxylic acids is 1. The van der Waals surface area contributed by atoms with Crippen LogP contribution >= 0.6 is 0 Å². The standard InChI is InChI=1S/C18H23N5O/c1-21-15-7-8-17(21)13-22(10-9-15)18(24)20-14-11-19-23(12-14)16-5-3-2-4-6-16/h2-6,11-12,15,17H,7-10,13H2,1H3,(H,20,24)/t15-,17-/m0/s1. The summed E-state index contributed by atoms with van der Waals surface area (Å²) in [4.78, 5) is 17.0. The Labute approximate surface area is 142 Å². The number of benzene rings is 1. The van der Waals surface area contributed by atoms with E-state index in [-0.39, 0.29) is 6.03 Å². The lowest BCUT2D eigenvalue weighted by Crippen LogP contribution is -2.41. The molecule has 2 saturated heterocycles. The molecule has 2 bridgehead atoms. The van der Waals surface area contributed by atoms with Gasteiger partial charge in [0.2, 0.25) is 0 Å². The first-order valence-electron chi connectivity index (χ1n) is 8.58. The highest BCUT2D eigenvalue weighted by molar-refractivity contribution is 5.89. The van der Waals surface area contributed by atoms with E-state index in [4.69, 9.17) is 0 Å². The molecule has 1 aromatic carbocycles. The average molecular weight is 325 g/mol. The third kappa shape index (κ3) is 2.89. The fraction of sp³-hybridized carbons (Fsp3) is 0.444. The van der Waals surface area contributed by atoms with E-state index in [0.717, 1.165) is 30.9 Å². The van der Waals surface area contributed by atoms with E-state index in [1.807, 2.05) is 41.4 Å².